The van der Waals surface area contributed by atoms with E-state index in [4.69, 9.17) is 0 Å². The fourth-order valence-corrected chi connectivity index (χ4v) is 3.50. The number of hydrogen-bond acceptors (Lipinski definition) is 2. The van der Waals surface area contributed by atoms with Gasteiger partial charge in [-0.05, 0) is 61.9 Å². The second-order valence-electron chi connectivity index (χ2n) is 4.95. The van der Waals surface area contributed by atoms with E-state index in [1.165, 1.54) is 12.8 Å². The number of rotatable bonds is 2. The summed E-state index contributed by atoms with van der Waals surface area (Å²) in [4.78, 5) is 3.21. The van der Waals surface area contributed by atoms with Crippen LogP contribution in [0, 0.1) is 19.7 Å². The maximum Gasteiger partial charge on any atom is 0.147 e. The van der Waals surface area contributed by atoms with Crippen molar-refractivity contribution in [3.8, 4) is 0 Å². The van der Waals surface area contributed by atoms with Crippen molar-refractivity contribution in [2.75, 3.05) is 13.1 Å². The normalized spacial score (nSPS) is 16.8. The Morgan fingerprint density at radius 2 is 1.94 bits per heavy atom. The number of H-pyrrole nitrogens is 1. The summed E-state index contributed by atoms with van der Waals surface area (Å²) in [6, 6.07) is 3.68. The Morgan fingerprint density at radius 1 is 1.22 bits per heavy atom. The molecule has 18 heavy (non-hydrogen) atoms. The van der Waals surface area contributed by atoms with Crippen LogP contribution in [0.5, 0.6) is 0 Å². The molecule has 1 aromatic heterocycles. The zero-order valence-corrected chi connectivity index (χ0v) is 11.5. The van der Waals surface area contributed by atoms with E-state index in [1.807, 2.05) is 6.92 Å². The topological polar surface area (TPSA) is 19.0 Å². The highest BCUT2D eigenvalue weighted by molar-refractivity contribution is 7.97. The number of nitrogens with one attached hydrogen (secondary N) is 1. The van der Waals surface area contributed by atoms with E-state index in [1.54, 1.807) is 18.0 Å². The number of halogens is 1. The molecule has 2 aromatic rings. The molecule has 0 amide bonds. The van der Waals surface area contributed by atoms with Gasteiger partial charge in [-0.1, -0.05) is 0 Å². The third-order valence-electron chi connectivity index (χ3n) is 3.66. The van der Waals surface area contributed by atoms with E-state index in [2.05, 4.69) is 22.3 Å². The maximum absolute atomic E-state index is 13.9. The summed E-state index contributed by atoms with van der Waals surface area (Å²) in [7, 11) is 0. The van der Waals surface area contributed by atoms with Crippen molar-refractivity contribution in [1.82, 2.24) is 9.29 Å². The van der Waals surface area contributed by atoms with Gasteiger partial charge in [-0.3, -0.25) is 0 Å². The molecule has 1 saturated heterocycles. The molecule has 0 radical (unpaired) electrons. The van der Waals surface area contributed by atoms with Crippen molar-refractivity contribution < 1.29 is 4.39 Å². The molecular weight excluding hydrogens is 247 g/mol. The molecule has 0 spiro atoms. The second-order valence-corrected chi connectivity index (χ2v) is 6.09. The predicted octanol–water partition coefficient (Wildman–Crippen LogP) is 4.03. The van der Waals surface area contributed by atoms with E-state index in [0.717, 1.165) is 34.6 Å². The molecule has 1 aliphatic rings. The third kappa shape index (κ3) is 2.04. The van der Waals surface area contributed by atoms with Crippen LogP contribution in [0.15, 0.2) is 17.2 Å². The van der Waals surface area contributed by atoms with Crippen LogP contribution >= 0.6 is 11.9 Å². The van der Waals surface area contributed by atoms with E-state index < -0.39 is 0 Å². The first-order valence-electron chi connectivity index (χ1n) is 6.36. The molecule has 1 aliphatic heterocycles. The quantitative estimate of drug-likeness (QED) is 0.826. The molecule has 1 aromatic carbocycles. The number of aromatic amines is 1. The molecule has 0 unspecified atom stereocenters. The largest absolute Gasteiger partial charge is 0.346 e. The average molecular weight is 264 g/mol. The molecule has 0 atom stereocenters. The Kier molecular flexibility index (Phi) is 3.08. The second kappa shape index (κ2) is 4.59. The molecule has 0 saturated carbocycles. The molecule has 1 fully saturated rings. The van der Waals surface area contributed by atoms with Gasteiger partial charge in [0.25, 0.3) is 0 Å². The van der Waals surface area contributed by atoms with Crippen molar-refractivity contribution in [3.05, 3.63) is 29.1 Å². The Labute approximate surface area is 111 Å². The Balaban J connectivity index is 1.99. The zero-order chi connectivity index (χ0) is 12.7. The summed E-state index contributed by atoms with van der Waals surface area (Å²) in [5.41, 5.74) is 2.81. The van der Waals surface area contributed by atoms with Crippen LogP contribution in [-0.4, -0.2) is 22.4 Å². The molecule has 4 heteroatoms. The molecule has 0 aliphatic carbocycles. The number of aryl methyl sites for hydroxylation is 2. The van der Waals surface area contributed by atoms with Crippen LogP contribution < -0.4 is 0 Å². The van der Waals surface area contributed by atoms with Crippen molar-refractivity contribution in [2.24, 2.45) is 0 Å². The number of benzene rings is 1. The highest BCUT2D eigenvalue weighted by atomic mass is 32.2. The minimum absolute atomic E-state index is 0.152. The van der Waals surface area contributed by atoms with Crippen LogP contribution in [0.3, 0.4) is 0 Å². The Hall–Kier alpha value is -1.00. The highest BCUT2D eigenvalue weighted by Gasteiger charge is 2.16. The number of nitrogens with zero attached hydrogens (tertiary/aromatic N) is 1. The number of aromatic nitrogens is 1. The van der Waals surface area contributed by atoms with Gasteiger partial charge in [0.1, 0.15) is 5.82 Å². The lowest BCUT2D eigenvalue weighted by molar-refractivity contribution is 0.585. The SMILES string of the molecule is Cc1cc(F)c2[nH]c(SN3CCCC3)cc2c1C. The average Bonchev–Trinajstić information content (AvgIpc) is 2.96. The van der Waals surface area contributed by atoms with Crippen LogP contribution in [-0.2, 0) is 0 Å². The van der Waals surface area contributed by atoms with Gasteiger partial charge in [-0.25, -0.2) is 8.70 Å². The summed E-state index contributed by atoms with van der Waals surface area (Å²) in [6.07, 6.45) is 2.53. The summed E-state index contributed by atoms with van der Waals surface area (Å²) < 4.78 is 16.2. The number of fused-ring (bicyclic) bond motifs is 1. The number of hydrogen-bond donors (Lipinski definition) is 1. The van der Waals surface area contributed by atoms with Crippen molar-refractivity contribution in [3.63, 3.8) is 0 Å². The first kappa shape index (κ1) is 12.1. The van der Waals surface area contributed by atoms with Crippen LogP contribution in [0.2, 0.25) is 0 Å². The van der Waals surface area contributed by atoms with E-state index in [0.29, 0.717) is 5.52 Å². The molecule has 0 bridgehead atoms. The fourth-order valence-electron chi connectivity index (χ4n) is 2.46. The van der Waals surface area contributed by atoms with Crippen molar-refractivity contribution >= 4 is 22.9 Å². The van der Waals surface area contributed by atoms with Gasteiger partial charge in [-0.15, -0.1) is 0 Å². The van der Waals surface area contributed by atoms with Crippen molar-refractivity contribution in [1.29, 1.82) is 0 Å². The van der Waals surface area contributed by atoms with E-state index in [-0.39, 0.29) is 5.82 Å². The van der Waals surface area contributed by atoms with E-state index >= 15 is 0 Å². The van der Waals surface area contributed by atoms with E-state index in [9.17, 15) is 4.39 Å². The predicted molar refractivity (Wildman–Crippen MR) is 74.4 cm³/mol. The van der Waals surface area contributed by atoms with Gasteiger partial charge >= 0.3 is 0 Å². The summed E-state index contributed by atoms with van der Waals surface area (Å²) >= 11 is 1.71. The Bertz CT molecular complexity index is 585. The molecule has 1 N–H and O–H groups in total. The fraction of sp³-hybridized carbons (Fsp3) is 0.429. The van der Waals surface area contributed by atoms with Crippen LogP contribution in [0.25, 0.3) is 10.9 Å². The maximum atomic E-state index is 13.9. The Morgan fingerprint density at radius 3 is 2.67 bits per heavy atom. The molecular formula is C14H17FN2S. The van der Waals surface area contributed by atoms with Crippen molar-refractivity contribution in [2.45, 2.75) is 31.7 Å². The lowest BCUT2D eigenvalue weighted by atomic mass is 10.1. The molecule has 3 rings (SSSR count). The summed E-state index contributed by atoms with van der Waals surface area (Å²) in [5.74, 6) is -0.152. The van der Waals surface area contributed by atoms with Crippen LogP contribution in [0.1, 0.15) is 24.0 Å². The molecule has 2 heterocycles. The molecule has 2 nitrogen and oxygen atoms in total. The van der Waals surface area contributed by atoms with Gasteiger partial charge in [0.15, 0.2) is 0 Å². The highest BCUT2D eigenvalue weighted by Crippen LogP contribution is 2.32. The summed E-state index contributed by atoms with van der Waals surface area (Å²) in [5, 5.41) is 2.05. The minimum atomic E-state index is -0.152. The lowest BCUT2D eigenvalue weighted by Crippen LogP contribution is -2.08. The smallest absolute Gasteiger partial charge is 0.147 e. The first-order valence-corrected chi connectivity index (χ1v) is 7.14. The molecule has 96 valence electrons. The standard InChI is InChI=1S/C14H17FN2S/c1-9-7-12(15)14-11(10(9)2)8-13(16-14)18-17-5-3-4-6-17/h7-8,16H,3-6H2,1-2H3. The lowest BCUT2D eigenvalue weighted by Gasteiger charge is -2.10. The monoisotopic (exact) mass is 264 g/mol. The van der Waals surface area contributed by atoms with Gasteiger partial charge in [0, 0.05) is 18.5 Å². The van der Waals surface area contributed by atoms with Gasteiger partial charge in [0.05, 0.1) is 10.5 Å². The summed E-state index contributed by atoms with van der Waals surface area (Å²) in [6.45, 7) is 6.26. The van der Waals surface area contributed by atoms with Gasteiger partial charge in [0.2, 0.25) is 0 Å². The zero-order valence-electron chi connectivity index (χ0n) is 10.7. The van der Waals surface area contributed by atoms with Crippen LogP contribution in [0.4, 0.5) is 4.39 Å². The minimum Gasteiger partial charge on any atom is -0.346 e. The van der Waals surface area contributed by atoms with Gasteiger partial charge in [-0.2, -0.15) is 0 Å². The third-order valence-corrected chi connectivity index (χ3v) is 4.70. The first-order chi connectivity index (χ1) is 8.65. The van der Waals surface area contributed by atoms with Gasteiger partial charge < -0.3 is 4.98 Å².